The predicted molar refractivity (Wildman–Crippen MR) is 173 cm³/mol. The highest BCUT2D eigenvalue weighted by atomic mass is 33.1. The first kappa shape index (κ1) is 37.9. The average Bonchev–Trinajstić information content (AvgIpc) is 3.39. The molecule has 0 aromatic heterocycles. The lowest BCUT2D eigenvalue weighted by atomic mass is 9.71. The molecule has 1 heterocycles. The number of nitrogens with one attached hydrogen (secondary N) is 2. The molecule has 1 fully saturated rings. The highest BCUT2D eigenvalue weighted by Gasteiger charge is 2.37. The van der Waals surface area contributed by atoms with E-state index >= 15 is 0 Å². The molecule has 0 saturated carbocycles. The maximum absolute atomic E-state index is 13.7. The lowest BCUT2D eigenvalue weighted by Gasteiger charge is -2.18. The number of benzene rings is 1. The summed E-state index contributed by atoms with van der Waals surface area (Å²) < 4.78 is 41.7. The Morgan fingerprint density at radius 3 is 2.81 bits per heavy atom. The molecule has 17 heteroatoms. The Labute approximate surface area is 268 Å². The van der Waals surface area contributed by atoms with E-state index < -0.39 is 23.9 Å². The van der Waals surface area contributed by atoms with Gasteiger partial charge in [0.15, 0.2) is 0 Å². The molecule has 1 aliphatic heterocycles. The Kier molecular flexibility index (Phi) is 20.3. The van der Waals surface area contributed by atoms with Gasteiger partial charge in [-0.05, 0) is 47.9 Å². The first-order valence-corrected chi connectivity index (χ1v) is 18.6. The van der Waals surface area contributed by atoms with E-state index in [9.17, 15) is 19.1 Å². The summed E-state index contributed by atoms with van der Waals surface area (Å²) >= 11 is 0. The van der Waals surface area contributed by atoms with Crippen molar-refractivity contribution in [1.82, 2.24) is 10.6 Å². The summed E-state index contributed by atoms with van der Waals surface area (Å²) in [4.78, 5) is 24.1. The molecule has 2 rings (SSSR count). The standard InChI is InChI=1S/C26H38BFN3O8S4/c1-40-42-24(17-37-19-6-3-5-18(13-19)25(34)31-10-8-29)36-12-11-35-16-23(33)30-9-4-7-27-22-14-20(21(15-32)38-22)39-26(28)43-41-2/h3,5-6,13,20-22,24,26,32H,8-12,14-17,29H2,1-2H3,(H,30,33)(H,31,34)/t20-,21?,22-,24?,26+/m1/s1. The number of aliphatic hydroxyl groups is 1. The minimum atomic E-state index is -1.51. The number of aliphatic hydroxyl groups excluding tert-OH is 1. The second-order valence-electron chi connectivity index (χ2n) is 8.61. The minimum absolute atomic E-state index is 0.113. The van der Waals surface area contributed by atoms with E-state index in [1.165, 1.54) is 32.4 Å². The van der Waals surface area contributed by atoms with E-state index in [2.05, 4.69) is 22.4 Å². The van der Waals surface area contributed by atoms with Crippen LogP contribution in [0.3, 0.4) is 0 Å². The lowest BCUT2D eigenvalue weighted by Crippen LogP contribution is -2.29. The van der Waals surface area contributed by atoms with Gasteiger partial charge in [-0.25, -0.2) is 4.39 Å². The van der Waals surface area contributed by atoms with Crippen molar-refractivity contribution in [2.75, 3.05) is 65.2 Å². The molecule has 0 aliphatic carbocycles. The Balaban J connectivity index is 1.60. The zero-order chi connectivity index (χ0) is 31.3. The minimum Gasteiger partial charge on any atom is -0.490 e. The molecule has 2 unspecified atom stereocenters. The van der Waals surface area contributed by atoms with Gasteiger partial charge >= 0.3 is 0 Å². The topological polar surface area (TPSA) is 151 Å². The van der Waals surface area contributed by atoms with Crippen molar-refractivity contribution in [3.8, 4) is 17.5 Å². The Morgan fingerprint density at radius 2 is 2.07 bits per heavy atom. The number of rotatable bonds is 21. The predicted octanol–water partition coefficient (Wildman–Crippen LogP) is 1.66. The van der Waals surface area contributed by atoms with Crippen LogP contribution in [0, 0.1) is 11.7 Å². The van der Waals surface area contributed by atoms with Gasteiger partial charge in [-0.1, -0.05) is 44.4 Å². The number of carbonyl (C=O) groups is 2. The number of ether oxygens (including phenoxy) is 5. The molecule has 1 aromatic rings. The van der Waals surface area contributed by atoms with Crippen molar-refractivity contribution < 1.29 is 42.8 Å². The summed E-state index contributed by atoms with van der Waals surface area (Å²) in [5, 5.41) is 14.8. The molecule has 11 nitrogen and oxygen atoms in total. The van der Waals surface area contributed by atoms with Gasteiger partial charge in [0.25, 0.3) is 18.9 Å². The lowest BCUT2D eigenvalue weighted by molar-refractivity contribution is -0.126. The third kappa shape index (κ3) is 16.0. The van der Waals surface area contributed by atoms with Gasteiger partial charge in [0.1, 0.15) is 30.5 Å². The number of hydrogen-bond acceptors (Lipinski definition) is 13. The van der Waals surface area contributed by atoms with Crippen molar-refractivity contribution in [3.05, 3.63) is 29.8 Å². The molecule has 2 amide bonds. The van der Waals surface area contributed by atoms with E-state index in [1.54, 1.807) is 37.8 Å². The first-order valence-electron chi connectivity index (χ1n) is 13.3. The average molecular weight is 679 g/mol. The van der Waals surface area contributed by atoms with E-state index in [0.717, 1.165) is 10.8 Å². The van der Waals surface area contributed by atoms with Gasteiger partial charge in [0.2, 0.25) is 5.91 Å². The number of amides is 2. The van der Waals surface area contributed by atoms with Crippen molar-refractivity contribution in [3.63, 3.8) is 0 Å². The summed E-state index contributed by atoms with van der Waals surface area (Å²) in [6.07, 6.45) is 2.87. The van der Waals surface area contributed by atoms with Crippen LogP contribution in [0.2, 0.25) is 0 Å². The molecule has 5 N–H and O–H groups in total. The summed E-state index contributed by atoms with van der Waals surface area (Å²) in [7, 11) is 6.82. The molecule has 0 spiro atoms. The fraction of sp³-hybridized carbons (Fsp3) is 0.615. The van der Waals surface area contributed by atoms with Gasteiger partial charge in [0.05, 0.1) is 32.5 Å². The first-order chi connectivity index (χ1) is 20.9. The fourth-order valence-corrected chi connectivity index (χ4v) is 5.98. The Hall–Kier alpha value is -1.33. The summed E-state index contributed by atoms with van der Waals surface area (Å²) in [6.45, 7) is 1.15. The summed E-state index contributed by atoms with van der Waals surface area (Å²) in [6, 6.07) is 6.46. The largest absolute Gasteiger partial charge is 0.490 e. The van der Waals surface area contributed by atoms with Gasteiger partial charge in [0, 0.05) is 24.7 Å². The van der Waals surface area contributed by atoms with E-state index in [1.807, 2.05) is 6.26 Å². The number of halogens is 1. The molecular formula is C26H38BFN3O8S4. The maximum Gasteiger partial charge on any atom is 0.257 e. The molecule has 43 heavy (non-hydrogen) atoms. The van der Waals surface area contributed by atoms with E-state index in [0.29, 0.717) is 30.8 Å². The van der Waals surface area contributed by atoms with Crippen LogP contribution in [0.4, 0.5) is 4.39 Å². The summed E-state index contributed by atoms with van der Waals surface area (Å²) in [5.41, 5.74) is 4.11. The Bertz CT molecular complexity index is 1030. The number of nitrogens with two attached hydrogens (primary N) is 1. The van der Waals surface area contributed by atoms with Gasteiger partial charge < -0.3 is 45.2 Å². The smallest absolute Gasteiger partial charge is 0.257 e. The highest BCUT2D eigenvalue weighted by Crippen LogP contribution is 2.31. The van der Waals surface area contributed by atoms with Crippen molar-refractivity contribution in [2.45, 2.75) is 35.8 Å². The molecule has 1 saturated heterocycles. The van der Waals surface area contributed by atoms with Gasteiger partial charge in [-0.15, -0.1) is 0 Å². The second kappa shape index (κ2) is 23.1. The van der Waals surface area contributed by atoms with E-state index in [4.69, 9.17) is 29.4 Å². The van der Waals surface area contributed by atoms with Crippen LogP contribution in [-0.2, 0) is 23.7 Å². The monoisotopic (exact) mass is 678 g/mol. The van der Waals surface area contributed by atoms with Crippen LogP contribution in [0.5, 0.6) is 5.75 Å². The number of alkyl halides is 1. The molecule has 239 valence electrons. The van der Waals surface area contributed by atoms with Crippen LogP contribution < -0.4 is 21.1 Å². The number of carbonyl (C=O) groups excluding carboxylic acids is 2. The second-order valence-corrected chi connectivity index (χ2v) is 13.7. The van der Waals surface area contributed by atoms with Gasteiger partial charge in [-0.3, -0.25) is 9.59 Å². The normalized spacial score (nSPS) is 19.1. The van der Waals surface area contributed by atoms with Gasteiger partial charge in [-0.2, -0.15) is 5.82 Å². The molecular weight excluding hydrogens is 640 g/mol. The van der Waals surface area contributed by atoms with Crippen LogP contribution >= 0.6 is 43.2 Å². The van der Waals surface area contributed by atoms with Crippen molar-refractivity contribution >= 4 is 62.3 Å². The Morgan fingerprint density at radius 1 is 1.26 bits per heavy atom. The zero-order valence-electron chi connectivity index (χ0n) is 24.0. The molecule has 1 aromatic carbocycles. The highest BCUT2D eigenvalue weighted by molar-refractivity contribution is 8.76. The van der Waals surface area contributed by atoms with E-state index in [-0.39, 0.29) is 56.8 Å². The molecule has 1 aliphatic rings. The van der Waals surface area contributed by atoms with Crippen molar-refractivity contribution in [1.29, 1.82) is 0 Å². The SMILES string of the molecule is CSSC(COc1cccc(C(=O)NCCN)c1)OCCOCC(=O)NCC#C[B][C@H]1C[C@@H](O[C@H](F)SSC)C(CO)O1. The van der Waals surface area contributed by atoms with Crippen LogP contribution in [-0.4, -0.2) is 119 Å². The van der Waals surface area contributed by atoms with Crippen LogP contribution in [0.25, 0.3) is 0 Å². The third-order valence-corrected chi connectivity index (χ3v) is 8.87. The summed E-state index contributed by atoms with van der Waals surface area (Å²) in [5.74, 6) is 5.61. The van der Waals surface area contributed by atoms with Crippen LogP contribution in [0.15, 0.2) is 24.3 Å². The van der Waals surface area contributed by atoms with Crippen molar-refractivity contribution in [2.24, 2.45) is 5.73 Å². The fourth-order valence-electron chi connectivity index (χ4n) is 3.59. The third-order valence-electron chi connectivity index (χ3n) is 5.49. The molecule has 1 radical (unpaired) electrons. The number of hydrogen-bond donors (Lipinski definition) is 4. The van der Waals surface area contributed by atoms with Crippen LogP contribution in [0.1, 0.15) is 16.8 Å². The quantitative estimate of drug-likeness (QED) is 0.0491. The maximum atomic E-state index is 13.7. The molecule has 5 atom stereocenters. The zero-order valence-corrected chi connectivity index (χ0v) is 27.3. The molecule has 0 bridgehead atoms.